The lowest BCUT2D eigenvalue weighted by Gasteiger charge is -2.29. The molecule has 0 bridgehead atoms. The summed E-state index contributed by atoms with van der Waals surface area (Å²) >= 11 is 3.36. The van der Waals surface area contributed by atoms with Crippen LogP contribution in [0.4, 0.5) is 9.18 Å². The van der Waals surface area contributed by atoms with Gasteiger partial charge in [0.05, 0.1) is 41.9 Å². The molecule has 0 unspecified atom stereocenters. The minimum Gasteiger partial charge on any atom is -0.494 e. The van der Waals surface area contributed by atoms with Crippen LogP contribution in [0.15, 0.2) is 39.6 Å². The number of nitrogens with zero attached hydrogens (tertiary/aromatic N) is 4. The molecule has 2 heterocycles. The predicted molar refractivity (Wildman–Crippen MR) is 132 cm³/mol. The van der Waals surface area contributed by atoms with Crippen molar-refractivity contribution in [1.29, 1.82) is 5.26 Å². The third-order valence-corrected chi connectivity index (χ3v) is 6.15. The zero-order chi connectivity index (χ0) is 26.4. The zero-order valence-corrected chi connectivity index (χ0v) is 21.6. The highest BCUT2D eigenvalue weighted by molar-refractivity contribution is 9.10. The quantitative estimate of drug-likeness (QED) is 0.469. The number of carbonyl (C=O) groups excluding carboxylic acids is 2. The summed E-state index contributed by atoms with van der Waals surface area (Å²) in [5, 5.41) is 9.48. The van der Waals surface area contributed by atoms with E-state index in [1.165, 1.54) is 36.3 Å². The van der Waals surface area contributed by atoms with Crippen LogP contribution in [-0.2, 0) is 9.53 Å². The molecule has 1 amide bonds. The lowest BCUT2D eigenvalue weighted by atomic mass is 10.1. The van der Waals surface area contributed by atoms with Crippen LogP contribution in [0, 0.1) is 17.1 Å². The Morgan fingerprint density at radius 1 is 1.25 bits per heavy atom. The van der Waals surface area contributed by atoms with E-state index in [-0.39, 0.29) is 52.5 Å². The van der Waals surface area contributed by atoms with Gasteiger partial charge in [0.15, 0.2) is 17.3 Å². The molecule has 1 aromatic heterocycles. The number of Topliss-reactive ketones (excluding diaryl/α,β-unsaturated/α-hetero) is 1. The number of ketones is 1. The van der Waals surface area contributed by atoms with Crippen molar-refractivity contribution in [3.05, 3.63) is 62.4 Å². The second kappa shape index (κ2) is 9.35. The lowest BCUT2D eigenvalue weighted by Crippen LogP contribution is -2.39. The Morgan fingerprint density at radius 3 is 2.58 bits per heavy atom. The number of ether oxygens (including phenoxy) is 2. The number of hydrogen-bond donors (Lipinski definition) is 0. The summed E-state index contributed by atoms with van der Waals surface area (Å²) in [5.41, 5.74) is -0.840. The van der Waals surface area contributed by atoms with E-state index < -0.39 is 29.1 Å². The maximum Gasteiger partial charge on any atom is 0.411 e. The molecule has 0 saturated carbocycles. The number of likely N-dealkylation sites (tertiary alicyclic amines) is 1. The number of carbonyl (C=O) groups is 2. The molecule has 4 rings (SSSR count). The molecule has 186 valence electrons. The standard InChI is InChI=1S/C25H22BrFN4O5/c1-25(2,3)36-24(34)30-12-15(32)10-19(30)22-29-21-16(7-13(11-28)8-17(21)26)23(33)31(22)14-5-6-20(35-4)18(27)9-14/h5-9,19H,10,12H2,1-4H3/t19-/m0/s1. The Balaban J connectivity index is 2.01. The van der Waals surface area contributed by atoms with E-state index in [0.29, 0.717) is 4.47 Å². The van der Waals surface area contributed by atoms with Gasteiger partial charge in [-0.1, -0.05) is 0 Å². The van der Waals surface area contributed by atoms with Crippen molar-refractivity contribution >= 4 is 38.7 Å². The second-order valence-electron chi connectivity index (χ2n) is 9.26. The first-order valence-corrected chi connectivity index (χ1v) is 11.7. The van der Waals surface area contributed by atoms with Crippen LogP contribution in [0.25, 0.3) is 16.6 Å². The van der Waals surface area contributed by atoms with Crippen molar-refractivity contribution in [3.8, 4) is 17.5 Å². The smallest absolute Gasteiger partial charge is 0.411 e. The van der Waals surface area contributed by atoms with Crippen LogP contribution in [0.3, 0.4) is 0 Å². The van der Waals surface area contributed by atoms with Gasteiger partial charge in [0.1, 0.15) is 17.5 Å². The number of amides is 1. The van der Waals surface area contributed by atoms with Crippen molar-refractivity contribution in [1.82, 2.24) is 14.5 Å². The normalized spacial score (nSPS) is 15.8. The average Bonchev–Trinajstić information content (AvgIpc) is 3.20. The monoisotopic (exact) mass is 556 g/mol. The van der Waals surface area contributed by atoms with E-state index in [4.69, 9.17) is 9.47 Å². The Kier molecular flexibility index (Phi) is 6.58. The minimum atomic E-state index is -0.947. The van der Waals surface area contributed by atoms with Crippen molar-refractivity contribution in [2.45, 2.75) is 38.8 Å². The maximum atomic E-state index is 14.7. The summed E-state index contributed by atoms with van der Waals surface area (Å²) in [5.74, 6) is -0.930. The predicted octanol–water partition coefficient (Wildman–Crippen LogP) is 4.42. The molecule has 0 N–H and O–H groups in total. The van der Waals surface area contributed by atoms with Crippen LogP contribution >= 0.6 is 15.9 Å². The second-order valence-corrected chi connectivity index (χ2v) is 10.1. The highest BCUT2D eigenvalue weighted by atomic mass is 79.9. The zero-order valence-electron chi connectivity index (χ0n) is 20.0. The Morgan fingerprint density at radius 2 is 1.97 bits per heavy atom. The van der Waals surface area contributed by atoms with Crippen LogP contribution < -0.4 is 10.3 Å². The molecule has 3 aromatic rings. The molecular weight excluding hydrogens is 535 g/mol. The van der Waals surface area contributed by atoms with Gasteiger partial charge >= 0.3 is 6.09 Å². The molecule has 9 nitrogen and oxygen atoms in total. The van der Waals surface area contributed by atoms with E-state index in [2.05, 4.69) is 20.9 Å². The molecule has 0 aliphatic carbocycles. The van der Waals surface area contributed by atoms with Gasteiger partial charge in [-0.2, -0.15) is 5.26 Å². The number of nitriles is 1. The highest BCUT2D eigenvalue weighted by Crippen LogP contribution is 2.34. The molecule has 1 atom stereocenters. The number of hydrogen-bond acceptors (Lipinski definition) is 7. The van der Waals surface area contributed by atoms with E-state index in [0.717, 1.165) is 10.6 Å². The molecule has 2 aromatic carbocycles. The number of fused-ring (bicyclic) bond motifs is 1. The van der Waals surface area contributed by atoms with Gasteiger partial charge in [0.25, 0.3) is 5.56 Å². The lowest BCUT2D eigenvalue weighted by molar-refractivity contribution is -0.117. The van der Waals surface area contributed by atoms with Gasteiger partial charge in [-0.25, -0.2) is 14.2 Å². The molecule has 1 aliphatic rings. The van der Waals surface area contributed by atoms with E-state index in [9.17, 15) is 24.0 Å². The van der Waals surface area contributed by atoms with Gasteiger partial charge in [0.2, 0.25) is 0 Å². The number of rotatable bonds is 3. The molecule has 0 radical (unpaired) electrons. The van der Waals surface area contributed by atoms with Gasteiger partial charge < -0.3 is 9.47 Å². The number of methoxy groups -OCH3 is 1. The third kappa shape index (κ3) is 4.68. The van der Waals surface area contributed by atoms with E-state index in [1.54, 1.807) is 20.8 Å². The van der Waals surface area contributed by atoms with E-state index in [1.807, 2.05) is 6.07 Å². The summed E-state index contributed by atoms with van der Waals surface area (Å²) in [7, 11) is 1.32. The molecule has 0 spiro atoms. The number of aromatic nitrogens is 2. The summed E-state index contributed by atoms with van der Waals surface area (Å²) in [4.78, 5) is 45.2. The van der Waals surface area contributed by atoms with Crippen molar-refractivity contribution < 1.29 is 23.5 Å². The third-order valence-electron chi connectivity index (χ3n) is 5.55. The van der Waals surface area contributed by atoms with Crippen molar-refractivity contribution in [2.24, 2.45) is 0 Å². The minimum absolute atomic E-state index is 0.0250. The summed E-state index contributed by atoms with van der Waals surface area (Å²) in [6, 6.07) is 7.89. The first-order valence-electron chi connectivity index (χ1n) is 10.9. The fourth-order valence-electron chi connectivity index (χ4n) is 4.03. The van der Waals surface area contributed by atoms with Gasteiger partial charge in [-0.3, -0.25) is 19.1 Å². The van der Waals surface area contributed by atoms with Gasteiger partial charge in [-0.15, -0.1) is 0 Å². The average molecular weight is 557 g/mol. The van der Waals surface area contributed by atoms with Crippen LogP contribution in [0.1, 0.15) is 44.6 Å². The Labute approximate surface area is 214 Å². The molecule has 11 heteroatoms. The van der Waals surface area contributed by atoms with Gasteiger partial charge in [-0.05, 0) is 61.0 Å². The molecule has 36 heavy (non-hydrogen) atoms. The van der Waals surface area contributed by atoms with Crippen LogP contribution in [0.2, 0.25) is 0 Å². The first-order chi connectivity index (χ1) is 16.9. The number of benzene rings is 2. The van der Waals surface area contributed by atoms with Crippen molar-refractivity contribution in [2.75, 3.05) is 13.7 Å². The Hall–Kier alpha value is -3.78. The summed E-state index contributed by atoms with van der Waals surface area (Å²) in [6.45, 7) is 4.88. The summed E-state index contributed by atoms with van der Waals surface area (Å²) < 4.78 is 26.7. The fourth-order valence-corrected chi connectivity index (χ4v) is 4.58. The molecule has 1 aliphatic heterocycles. The topological polar surface area (TPSA) is 115 Å². The highest BCUT2D eigenvalue weighted by Gasteiger charge is 2.40. The van der Waals surface area contributed by atoms with Gasteiger partial charge in [0, 0.05) is 17.0 Å². The maximum absolute atomic E-state index is 14.7. The first kappa shape index (κ1) is 25.3. The molecule has 1 saturated heterocycles. The Bertz CT molecular complexity index is 1510. The summed E-state index contributed by atoms with van der Waals surface area (Å²) in [6.07, 6.45) is -0.844. The molecule has 1 fully saturated rings. The largest absolute Gasteiger partial charge is 0.494 e. The van der Waals surface area contributed by atoms with E-state index >= 15 is 0 Å². The molecular formula is C25H22BrFN4O5. The SMILES string of the molecule is COc1ccc(-n2c([C@@H]3CC(=O)CN3C(=O)OC(C)(C)C)nc3c(Br)cc(C#N)cc3c2=O)cc1F. The van der Waals surface area contributed by atoms with Crippen molar-refractivity contribution in [3.63, 3.8) is 0 Å². The fraction of sp³-hybridized carbons (Fsp3) is 0.320. The van der Waals surface area contributed by atoms with Crippen LogP contribution in [-0.4, -0.2) is 45.6 Å². The number of halogens is 2. The van der Waals surface area contributed by atoms with Crippen LogP contribution in [0.5, 0.6) is 5.75 Å².